The molecule has 1 aromatic rings. The smallest absolute Gasteiger partial charge is 0.0255 e. The van der Waals surface area contributed by atoms with Crippen molar-refractivity contribution in [2.75, 3.05) is 6.54 Å². The quantitative estimate of drug-likeness (QED) is 0.815. The van der Waals surface area contributed by atoms with Crippen LogP contribution in [0.4, 0.5) is 0 Å². The maximum absolute atomic E-state index is 3.56. The van der Waals surface area contributed by atoms with Crippen LogP contribution in [-0.2, 0) is 0 Å². The average molecular weight is 229 g/mol. The van der Waals surface area contributed by atoms with Crippen LogP contribution in [0.3, 0.4) is 0 Å². The maximum atomic E-state index is 3.56. The molecule has 1 aromatic carbocycles. The number of rotatable bonds is 2. The Balaban J connectivity index is 2.01. The number of hydrogen-bond acceptors (Lipinski definition) is 1. The fourth-order valence-electron chi connectivity index (χ4n) is 2.39. The van der Waals surface area contributed by atoms with Crippen LogP contribution in [-0.4, -0.2) is 12.6 Å². The zero-order valence-electron chi connectivity index (χ0n) is 11.2. The highest BCUT2D eigenvalue weighted by Gasteiger charge is 2.15. The van der Waals surface area contributed by atoms with Gasteiger partial charge in [0.1, 0.15) is 0 Å². The first kappa shape index (κ1) is 12.4. The SMILES string of the molecule is Cc1ccc(/C=C/C2CC(C)CCN2)cc1C. The maximum Gasteiger partial charge on any atom is 0.0255 e. The Hall–Kier alpha value is -1.08. The van der Waals surface area contributed by atoms with Gasteiger partial charge in [-0.1, -0.05) is 37.3 Å². The van der Waals surface area contributed by atoms with E-state index in [0.29, 0.717) is 6.04 Å². The minimum Gasteiger partial charge on any atom is -0.310 e. The predicted molar refractivity (Wildman–Crippen MR) is 75.1 cm³/mol. The van der Waals surface area contributed by atoms with E-state index in [-0.39, 0.29) is 0 Å². The summed E-state index contributed by atoms with van der Waals surface area (Å²) < 4.78 is 0. The molecule has 0 aliphatic carbocycles. The molecule has 1 N–H and O–H groups in total. The van der Waals surface area contributed by atoms with E-state index in [4.69, 9.17) is 0 Å². The normalized spacial score (nSPS) is 25.4. The second-order valence-electron chi connectivity index (χ2n) is 5.39. The molecule has 1 heterocycles. The molecule has 0 amide bonds. The van der Waals surface area contributed by atoms with Crippen molar-refractivity contribution < 1.29 is 0 Å². The first-order chi connectivity index (χ1) is 8.15. The molecule has 92 valence electrons. The molecule has 2 unspecified atom stereocenters. The van der Waals surface area contributed by atoms with Gasteiger partial charge in [-0.2, -0.15) is 0 Å². The van der Waals surface area contributed by atoms with E-state index < -0.39 is 0 Å². The van der Waals surface area contributed by atoms with Crippen LogP contribution in [0, 0.1) is 19.8 Å². The third-order valence-electron chi connectivity index (χ3n) is 3.75. The lowest BCUT2D eigenvalue weighted by Crippen LogP contribution is -2.35. The first-order valence-corrected chi connectivity index (χ1v) is 6.64. The number of aryl methyl sites for hydroxylation is 2. The molecule has 2 rings (SSSR count). The van der Waals surface area contributed by atoms with Crippen molar-refractivity contribution >= 4 is 6.08 Å². The highest BCUT2D eigenvalue weighted by molar-refractivity contribution is 5.52. The lowest BCUT2D eigenvalue weighted by Gasteiger charge is -2.25. The number of nitrogens with one attached hydrogen (secondary N) is 1. The Kier molecular flexibility index (Phi) is 4.01. The summed E-state index contributed by atoms with van der Waals surface area (Å²) in [6, 6.07) is 7.22. The zero-order valence-corrected chi connectivity index (χ0v) is 11.2. The molecule has 1 nitrogen and oxygen atoms in total. The average Bonchev–Trinajstić information content (AvgIpc) is 2.31. The molecule has 0 saturated carbocycles. The molecule has 2 atom stereocenters. The fourth-order valence-corrected chi connectivity index (χ4v) is 2.39. The van der Waals surface area contributed by atoms with Crippen LogP contribution in [0.15, 0.2) is 24.3 Å². The number of piperidine rings is 1. The van der Waals surface area contributed by atoms with Gasteiger partial charge in [-0.3, -0.25) is 0 Å². The zero-order chi connectivity index (χ0) is 12.3. The van der Waals surface area contributed by atoms with Crippen molar-refractivity contribution in [2.45, 2.75) is 39.7 Å². The molecule has 1 fully saturated rings. The summed E-state index contributed by atoms with van der Waals surface area (Å²) >= 11 is 0. The molecule has 0 bridgehead atoms. The topological polar surface area (TPSA) is 12.0 Å². The van der Waals surface area contributed by atoms with Gasteiger partial charge in [-0.05, 0) is 55.8 Å². The number of hydrogen-bond donors (Lipinski definition) is 1. The molecule has 0 spiro atoms. The Bertz CT molecular complexity index is 406. The van der Waals surface area contributed by atoms with E-state index >= 15 is 0 Å². The van der Waals surface area contributed by atoms with Crippen molar-refractivity contribution in [1.82, 2.24) is 5.32 Å². The molecular weight excluding hydrogens is 206 g/mol. The van der Waals surface area contributed by atoms with Gasteiger partial charge in [0.15, 0.2) is 0 Å². The summed E-state index contributed by atoms with van der Waals surface area (Å²) in [5.74, 6) is 0.852. The molecule has 1 heteroatoms. The van der Waals surface area contributed by atoms with E-state index in [1.54, 1.807) is 0 Å². The summed E-state index contributed by atoms with van der Waals surface area (Å²) in [5, 5.41) is 3.56. The third kappa shape index (κ3) is 3.44. The Labute approximate surface area is 105 Å². The molecule has 0 radical (unpaired) electrons. The summed E-state index contributed by atoms with van der Waals surface area (Å²) in [6.07, 6.45) is 7.15. The largest absolute Gasteiger partial charge is 0.310 e. The third-order valence-corrected chi connectivity index (χ3v) is 3.75. The molecule has 1 aliphatic heterocycles. The van der Waals surface area contributed by atoms with Crippen LogP contribution < -0.4 is 5.32 Å². The van der Waals surface area contributed by atoms with Gasteiger partial charge in [0.2, 0.25) is 0 Å². The van der Waals surface area contributed by atoms with Gasteiger partial charge in [0, 0.05) is 6.04 Å². The van der Waals surface area contributed by atoms with Crippen molar-refractivity contribution in [3.8, 4) is 0 Å². The van der Waals surface area contributed by atoms with Crippen LogP contribution in [0.1, 0.15) is 36.5 Å². The van der Waals surface area contributed by atoms with E-state index in [1.165, 1.54) is 29.5 Å². The van der Waals surface area contributed by atoms with Crippen LogP contribution in [0.25, 0.3) is 6.08 Å². The van der Waals surface area contributed by atoms with Gasteiger partial charge in [0.25, 0.3) is 0 Å². The molecular formula is C16H23N. The van der Waals surface area contributed by atoms with Gasteiger partial charge in [0.05, 0.1) is 0 Å². The lowest BCUT2D eigenvalue weighted by molar-refractivity contribution is 0.357. The van der Waals surface area contributed by atoms with Crippen LogP contribution >= 0.6 is 0 Å². The Morgan fingerprint density at radius 1 is 1.24 bits per heavy atom. The van der Waals surface area contributed by atoms with Crippen molar-refractivity contribution in [2.24, 2.45) is 5.92 Å². The molecule has 1 saturated heterocycles. The van der Waals surface area contributed by atoms with E-state index in [0.717, 1.165) is 12.5 Å². The van der Waals surface area contributed by atoms with E-state index in [2.05, 4.69) is 56.4 Å². The second kappa shape index (κ2) is 5.50. The molecule has 17 heavy (non-hydrogen) atoms. The van der Waals surface area contributed by atoms with Crippen LogP contribution in [0.2, 0.25) is 0 Å². The lowest BCUT2D eigenvalue weighted by atomic mass is 9.93. The van der Waals surface area contributed by atoms with Crippen molar-refractivity contribution in [1.29, 1.82) is 0 Å². The van der Waals surface area contributed by atoms with Crippen molar-refractivity contribution in [3.05, 3.63) is 41.0 Å². The van der Waals surface area contributed by atoms with Gasteiger partial charge in [-0.15, -0.1) is 0 Å². The highest BCUT2D eigenvalue weighted by atomic mass is 14.9. The minimum absolute atomic E-state index is 0.556. The van der Waals surface area contributed by atoms with E-state index in [9.17, 15) is 0 Å². The molecule has 0 aromatic heterocycles. The monoisotopic (exact) mass is 229 g/mol. The standard InChI is InChI=1S/C16H23N/c1-12-8-9-17-16(10-12)7-6-15-5-4-13(2)14(3)11-15/h4-7,11-12,16-17H,8-10H2,1-3H3/b7-6+. The van der Waals surface area contributed by atoms with Gasteiger partial charge < -0.3 is 5.32 Å². The second-order valence-corrected chi connectivity index (χ2v) is 5.39. The summed E-state index contributed by atoms with van der Waals surface area (Å²) in [4.78, 5) is 0. The predicted octanol–water partition coefficient (Wildman–Crippen LogP) is 3.70. The Morgan fingerprint density at radius 3 is 2.76 bits per heavy atom. The minimum atomic E-state index is 0.556. The summed E-state index contributed by atoms with van der Waals surface area (Å²) in [6.45, 7) is 7.83. The molecule has 1 aliphatic rings. The van der Waals surface area contributed by atoms with Gasteiger partial charge in [-0.25, -0.2) is 0 Å². The van der Waals surface area contributed by atoms with E-state index in [1.807, 2.05) is 0 Å². The van der Waals surface area contributed by atoms with Crippen molar-refractivity contribution in [3.63, 3.8) is 0 Å². The summed E-state index contributed by atoms with van der Waals surface area (Å²) in [7, 11) is 0. The first-order valence-electron chi connectivity index (χ1n) is 6.64. The fraction of sp³-hybridized carbons (Fsp3) is 0.500. The summed E-state index contributed by atoms with van der Waals surface area (Å²) in [5.41, 5.74) is 4.05. The Morgan fingerprint density at radius 2 is 2.06 bits per heavy atom. The van der Waals surface area contributed by atoms with Crippen LogP contribution in [0.5, 0.6) is 0 Å². The number of benzene rings is 1. The van der Waals surface area contributed by atoms with Gasteiger partial charge >= 0.3 is 0 Å². The highest BCUT2D eigenvalue weighted by Crippen LogP contribution is 2.17.